The van der Waals surface area contributed by atoms with Crippen molar-refractivity contribution in [1.82, 2.24) is 9.47 Å². The lowest BCUT2D eigenvalue weighted by Crippen LogP contribution is -2.10. The Morgan fingerprint density at radius 1 is 1.29 bits per heavy atom. The quantitative estimate of drug-likeness (QED) is 0.829. The lowest BCUT2D eigenvalue weighted by Gasteiger charge is -2.09. The van der Waals surface area contributed by atoms with Crippen LogP contribution in [0, 0.1) is 0 Å². The van der Waals surface area contributed by atoms with Gasteiger partial charge in [-0.05, 0) is 51.7 Å². The summed E-state index contributed by atoms with van der Waals surface area (Å²) in [6, 6.07) is 7.02. The third kappa shape index (κ3) is 2.55. The minimum Gasteiger partial charge on any atom is -0.345 e. The van der Waals surface area contributed by atoms with Gasteiger partial charge < -0.3 is 9.47 Å². The zero-order valence-electron chi connectivity index (χ0n) is 10.9. The Morgan fingerprint density at radius 2 is 2.00 bits per heavy atom. The summed E-state index contributed by atoms with van der Waals surface area (Å²) in [5.74, 6) is 0. The molecule has 0 saturated heterocycles. The fraction of sp³-hybridized carbons (Fsp3) is 0.429. The molecule has 2 rings (SSSR count). The van der Waals surface area contributed by atoms with Gasteiger partial charge in [0.05, 0.1) is 0 Å². The largest absolute Gasteiger partial charge is 0.345 e. The van der Waals surface area contributed by atoms with E-state index in [4.69, 9.17) is 0 Å². The Kier molecular flexibility index (Phi) is 3.59. The molecule has 0 unspecified atom stereocenters. The maximum atomic E-state index is 3.56. The minimum atomic E-state index is 0.495. The fourth-order valence-electron chi connectivity index (χ4n) is 2.19. The summed E-state index contributed by atoms with van der Waals surface area (Å²) in [7, 11) is 4.22. The molecule has 0 radical (unpaired) electrons. The molecule has 17 heavy (non-hydrogen) atoms. The van der Waals surface area contributed by atoms with E-state index >= 15 is 0 Å². The van der Waals surface area contributed by atoms with Gasteiger partial charge >= 0.3 is 0 Å². The fourth-order valence-corrected chi connectivity index (χ4v) is 2.55. The van der Waals surface area contributed by atoms with Gasteiger partial charge in [-0.2, -0.15) is 0 Å². The lowest BCUT2D eigenvalue weighted by atomic mass is 10.2. The topological polar surface area (TPSA) is 8.17 Å². The monoisotopic (exact) mass is 294 g/mol. The van der Waals surface area contributed by atoms with Crippen molar-refractivity contribution in [2.45, 2.75) is 26.4 Å². The first kappa shape index (κ1) is 12.7. The molecule has 1 aromatic carbocycles. The molecule has 0 fully saturated rings. The second kappa shape index (κ2) is 4.83. The predicted molar refractivity (Wildman–Crippen MR) is 77.4 cm³/mol. The van der Waals surface area contributed by atoms with Crippen molar-refractivity contribution in [1.29, 1.82) is 0 Å². The van der Waals surface area contributed by atoms with E-state index in [2.05, 4.69) is 77.7 Å². The molecule has 1 aromatic heterocycles. The van der Waals surface area contributed by atoms with Crippen molar-refractivity contribution in [2.75, 3.05) is 14.1 Å². The molecular weight excluding hydrogens is 276 g/mol. The van der Waals surface area contributed by atoms with E-state index in [-0.39, 0.29) is 0 Å². The molecule has 2 nitrogen and oxygen atoms in total. The van der Waals surface area contributed by atoms with Crippen molar-refractivity contribution in [3.8, 4) is 0 Å². The SMILES string of the molecule is CC(C)n1cc(CN(C)C)c2cc(Br)ccc21. The summed E-state index contributed by atoms with van der Waals surface area (Å²) in [5, 5.41) is 1.35. The number of benzene rings is 1. The van der Waals surface area contributed by atoms with Gasteiger partial charge in [0.25, 0.3) is 0 Å². The summed E-state index contributed by atoms with van der Waals surface area (Å²) >= 11 is 3.56. The molecule has 0 atom stereocenters. The minimum absolute atomic E-state index is 0.495. The number of aromatic nitrogens is 1. The van der Waals surface area contributed by atoms with E-state index in [0.29, 0.717) is 6.04 Å². The summed E-state index contributed by atoms with van der Waals surface area (Å²) in [4.78, 5) is 2.21. The number of fused-ring (bicyclic) bond motifs is 1. The number of rotatable bonds is 3. The first-order valence-corrected chi connectivity index (χ1v) is 6.72. The van der Waals surface area contributed by atoms with Crippen LogP contribution in [0.4, 0.5) is 0 Å². The summed E-state index contributed by atoms with van der Waals surface area (Å²) in [6.07, 6.45) is 2.28. The van der Waals surface area contributed by atoms with Crippen LogP contribution in [0.5, 0.6) is 0 Å². The van der Waals surface area contributed by atoms with Crippen LogP contribution in [0.25, 0.3) is 10.9 Å². The maximum Gasteiger partial charge on any atom is 0.0486 e. The molecule has 0 amide bonds. The van der Waals surface area contributed by atoms with Gasteiger partial charge in [0.15, 0.2) is 0 Å². The van der Waals surface area contributed by atoms with E-state index in [9.17, 15) is 0 Å². The molecule has 0 aliphatic rings. The second-order valence-electron chi connectivity index (χ2n) is 5.05. The van der Waals surface area contributed by atoms with Crippen LogP contribution in [0.2, 0.25) is 0 Å². The summed E-state index contributed by atoms with van der Waals surface area (Å²) < 4.78 is 3.49. The number of hydrogen-bond acceptors (Lipinski definition) is 1. The Balaban J connectivity index is 2.62. The molecule has 0 saturated carbocycles. The van der Waals surface area contributed by atoms with E-state index in [0.717, 1.165) is 11.0 Å². The molecule has 1 heterocycles. The number of halogens is 1. The van der Waals surface area contributed by atoms with Gasteiger partial charge in [0.1, 0.15) is 0 Å². The van der Waals surface area contributed by atoms with E-state index in [1.165, 1.54) is 16.5 Å². The molecule has 92 valence electrons. The summed E-state index contributed by atoms with van der Waals surface area (Å²) in [5.41, 5.74) is 2.71. The first-order chi connectivity index (χ1) is 7.99. The Hall–Kier alpha value is -0.800. The van der Waals surface area contributed by atoms with Crippen molar-refractivity contribution in [2.24, 2.45) is 0 Å². The van der Waals surface area contributed by atoms with Crippen LogP contribution in [0.3, 0.4) is 0 Å². The van der Waals surface area contributed by atoms with Crippen molar-refractivity contribution >= 4 is 26.8 Å². The first-order valence-electron chi connectivity index (χ1n) is 5.92. The molecule has 3 heteroatoms. The molecule has 0 aliphatic carbocycles. The predicted octanol–water partition coefficient (Wildman–Crippen LogP) is 4.05. The summed E-state index contributed by atoms with van der Waals surface area (Å²) in [6.45, 7) is 5.43. The van der Waals surface area contributed by atoms with Crippen molar-refractivity contribution in [3.05, 3.63) is 34.4 Å². The average molecular weight is 295 g/mol. The standard InChI is InChI=1S/C14H19BrN2/c1-10(2)17-9-11(8-16(3)4)13-7-12(15)5-6-14(13)17/h5-7,9-10H,8H2,1-4H3. The average Bonchev–Trinajstić information content (AvgIpc) is 2.56. The van der Waals surface area contributed by atoms with Crippen LogP contribution in [0.1, 0.15) is 25.5 Å². The highest BCUT2D eigenvalue weighted by Crippen LogP contribution is 2.28. The highest BCUT2D eigenvalue weighted by atomic mass is 79.9. The van der Waals surface area contributed by atoms with Gasteiger partial charge in [-0.1, -0.05) is 15.9 Å². The molecule has 0 N–H and O–H groups in total. The maximum absolute atomic E-state index is 3.56. The lowest BCUT2D eigenvalue weighted by molar-refractivity contribution is 0.403. The van der Waals surface area contributed by atoms with Crippen molar-refractivity contribution in [3.63, 3.8) is 0 Å². The van der Waals surface area contributed by atoms with Crippen LogP contribution in [-0.2, 0) is 6.54 Å². The van der Waals surface area contributed by atoms with Crippen LogP contribution in [0.15, 0.2) is 28.9 Å². The van der Waals surface area contributed by atoms with Gasteiger partial charge in [-0.25, -0.2) is 0 Å². The Bertz CT molecular complexity index is 526. The molecule has 0 spiro atoms. The normalized spacial score (nSPS) is 11.9. The van der Waals surface area contributed by atoms with Crippen LogP contribution in [-0.4, -0.2) is 23.6 Å². The van der Waals surface area contributed by atoms with Crippen molar-refractivity contribution < 1.29 is 0 Å². The molecule has 2 aromatic rings. The van der Waals surface area contributed by atoms with E-state index in [1.807, 2.05) is 0 Å². The highest BCUT2D eigenvalue weighted by Gasteiger charge is 2.11. The molecule has 0 bridgehead atoms. The zero-order valence-corrected chi connectivity index (χ0v) is 12.5. The Labute approximate surface area is 111 Å². The smallest absolute Gasteiger partial charge is 0.0486 e. The number of nitrogens with zero attached hydrogens (tertiary/aromatic N) is 2. The number of hydrogen-bond donors (Lipinski definition) is 0. The third-order valence-electron chi connectivity index (χ3n) is 2.92. The van der Waals surface area contributed by atoms with E-state index < -0.39 is 0 Å². The molecule has 0 aliphatic heterocycles. The second-order valence-corrected chi connectivity index (χ2v) is 5.97. The van der Waals surface area contributed by atoms with Gasteiger partial charge in [0, 0.05) is 34.2 Å². The van der Waals surface area contributed by atoms with Gasteiger partial charge in [0.2, 0.25) is 0 Å². The third-order valence-corrected chi connectivity index (χ3v) is 3.41. The van der Waals surface area contributed by atoms with Crippen LogP contribution < -0.4 is 0 Å². The Morgan fingerprint density at radius 3 is 2.59 bits per heavy atom. The van der Waals surface area contributed by atoms with Gasteiger partial charge in [-0.3, -0.25) is 0 Å². The highest BCUT2D eigenvalue weighted by molar-refractivity contribution is 9.10. The van der Waals surface area contributed by atoms with Gasteiger partial charge in [-0.15, -0.1) is 0 Å². The van der Waals surface area contributed by atoms with Crippen LogP contribution >= 0.6 is 15.9 Å². The zero-order chi connectivity index (χ0) is 12.6. The molecular formula is C14H19BrN2. The van der Waals surface area contributed by atoms with E-state index in [1.54, 1.807) is 0 Å².